The number of piperidine rings is 1. The van der Waals surface area contributed by atoms with E-state index in [9.17, 15) is 4.79 Å². The number of aromatic nitrogens is 3. The summed E-state index contributed by atoms with van der Waals surface area (Å²) in [6.07, 6.45) is 4.91. The summed E-state index contributed by atoms with van der Waals surface area (Å²) in [5, 5.41) is 11.3. The molecule has 1 saturated heterocycles. The second-order valence-corrected chi connectivity index (χ2v) is 6.63. The first-order chi connectivity index (χ1) is 11.0. The number of H-pyrrole nitrogens is 1. The minimum absolute atomic E-state index is 0.0196. The van der Waals surface area contributed by atoms with Gasteiger partial charge in [0.2, 0.25) is 0 Å². The van der Waals surface area contributed by atoms with Crippen LogP contribution in [0.2, 0.25) is 0 Å². The van der Waals surface area contributed by atoms with Gasteiger partial charge < -0.3 is 9.42 Å². The minimum atomic E-state index is 0.0196. The molecule has 124 valence electrons. The first kappa shape index (κ1) is 15.8. The number of rotatable bonds is 3. The van der Waals surface area contributed by atoms with E-state index in [-0.39, 0.29) is 17.9 Å². The van der Waals surface area contributed by atoms with Crippen molar-refractivity contribution in [2.24, 2.45) is 0 Å². The lowest BCUT2D eigenvalue weighted by Crippen LogP contribution is -2.39. The maximum absolute atomic E-state index is 13.2. The lowest BCUT2D eigenvalue weighted by molar-refractivity contribution is 0.0602. The van der Waals surface area contributed by atoms with E-state index in [2.05, 4.69) is 15.4 Å². The van der Waals surface area contributed by atoms with Crippen molar-refractivity contribution in [1.29, 1.82) is 0 Å². The fourth-order valence-electron chi connectivity index (χ4n) is 3.36. The molecule has 0 bridgehead atoms. The van der Waals surface area contributed by atoms with Crippen LogP contribution in [0.1, 0.15) is 78.1 Å². The molecule has 0 aromatic carbocycles. The number of aryl methyl sites for hydroxylation is 2. The van der Waals surface area contributed by atoms with Gasteiger partial charge in [-0.3, -0.25) is 9.89 Å². The van der Waals surface area contributed by atoms with Gasteiger partial charge in [0.15, 0.2) is 0 Å². The molecule has 3 rings (SSSR count). The van der Waals surface area contributed by atoms with Gasteiger partial charge in [-0.05, 0) is 44.6 Å². The highest BCUT2D eigenvalue weighted by Gasteiger charge is 2.34. The fraction of sp³-hybridized carbons (Fsp3) is 0.588. The van der Waals surface area contributed by atoms with Crippen molar-refractivity contribution in [2.75, 3.05) is 6.54 Å². The molecule has 2 aromatic rings. The van der Waals surface area contributed by atoms with E-state index in [0.717, 1.165) is 42.8 Å². The SMILES string of the molecule is Cc1cn[nH]c1[C@@H]1CCCCN1C(=O)c1c(C(C)C)noc1C. The summed E-state index contributed by atoms with van der Waals surface area (Å²) in [5.74, 6) is 0.777. The molecule has 1 amide bonds. The number of amides is 1. The third kappa shape index (κ3) is 2.78. The van der Waals surface area contributed by atoms with Crippen LogP contribution < -0.4 is 0 Å². The number of aromatic amines is 1. The molecule has 1 atom stereocenters. The molecule has 0 radical (unpaired) electrons. The van der Waals surface area contributed by atoms with Crippen LogP contribution >= 0.6 is 0 Å². The second-order valence-electron chi connectivity index (χ2n) is 6.63. The largest absolute Gasteiger partial charge is 0.361 e. The third-order valence-electron chi connectivity index (χ3n) is 4.61. The highest BCUT2D eigenvalue weighted by Crippen LogP contribution is 2.34. The highest BCUT2D eigenvalue weighted by molar-refractivity contribution is 5.96. The average molecular weight is 316 g/mol. The van der Waals surface area contributed by atoms with Crippen LogP contribution in [0.15, 0.2) is 10.7 Å². The van der Waals surface area contributed by atoms with Crippen molar-refractivity contribution in [3.63, 3.8) is 0 Å². The Labute approximate surface area is 136 Å². The van der Waals surface area contributed by atoms with Crippen molar-refractivity contribution in [2.45, 2.75) is 58.9 Å². The number of hydrogen-bond acceptors (Lipinski definition) is 4. The van der Waals surface area contributed by atoms with Gasteiger partial charge in [0.25, 0.3) is 5.91 Å². The van der Waals surface area contributed by atoms with Gasteiger partial charge in [-0.25, -0.2) is 0 Å². The second kappa shape index (κ2) is 6.18. The molecular weight excluding hydrogens is 292 g/mol. The Morgan fingerprint density at radius 2 is 2.17 bits per heavy atom. The molecule has 23 heavy (non-hydrogen) atoms. The van der Waals surface area contributed by atoms with Crippen LogP contribution in [-0.2, 0) is 0 Å². The van der Waals surface area contributed by atoms with Gasteiger partial charge in [0.1, 0.15) is 11.3 Å². The Hall–Kier alpha value is -2.11. The molecule has 6 nitrogen and oxygen atoms in total. The van der Waals surface area contributed by atoms with Gasteiger partial charge in [-0.1, -0.05) is 19.0 Å². The fourth-order valence-corrected chi connectivity index (χ4v) is 3.36. The van der Waals surface area contributed by atoms with Crippen molar-refractivity contribution in [1.82, 2.24) is 20.3 Å². The smallest absolute Gasteiger partial charge is 0.259 e. The molecule has 3 heterocycles. The van der Waals surface area contributed by atoms with Crippen LogP contribution in [0.25, 0.3) is 0 Å². The maximum atomic E-state index is 13.2. The van der Waals surface area contributed by atoms with Crippen molar-refractivity contribution < 1.29 is 9.32 Å². The van der Waals surface area contributed by atoms with Crippen LogP contribution in [-0.4, -0.2) is 32.7 Å². The van der Waals surface area contributed by atoms with Crippen LogP contribution in [0.3, 0.4) is 0 Å². The Balaban J connectivity index is 1.97. The minimum Gasteiger partial charge on any atom is -0.361 e. The number of carbonyl (C=O) groups excluding carboxylic acids is 1. The summed E-state index contributed by atoms with van der Waals surface area (Å²) in [7, 11) is 0. The topological polar surface area (TPSA) is 75.0 Å². The molecule has 0 saturated carbocycles. The number of likely N-dealkylation sites (tertiary alicyclic amines) is 1. The molecule has 2 aromatic heterocycles. The van der Waals surface area contributed by atoms with Gasteiger partial charge in [0.05, 0.1) is 23.6 Å². The maximum Gasteiger partial charge on any atom is 0.259 e. The molecule has 0 spiro atoms. The first-order valence-electron chi connectivity index (χ1n) is 8.27. The molecule has 1 fully saturated rings. The van der Waals surface area contributed by atoms with Crippen molar-refractivity contribution in [3.8, 4) is 0 Å². The van der Waals surface area contributed by atoms with E-state index in [0.29, 0.717) is 11.3 Å². The number of nitrogens with one attached hydrogen (secondary N) is 1. The van der Waals surface area contributed by atoms with Crippen LogP contribution in [0.5, 0.6) is 0 Å². The molecule has 1 N–H and O–H groups in total. The zero-order valence-corrected chi connectivity index (χ0v) is 14.2. The van der Waals surface area contributed by atoms with Crippen LogP contribution in [0.4, 0.5) is 0 Å². The van der Waals surface area contributed by atoms with E-state index in [1.165, 1.54) is 0 Å². The highest BCUT2D eigenvalue weighted by atomic mass is 16.5. The van der Waals surface area contributed by atoms with Crippen molar-refractivity contribution >= 4 is 5.91 Å². The van der Waals surface area contributed by atoms with Crippen molar-refractivity contribution in [3.05, 3.63) is 34.5 Å². The quantitative estimate of drug-likeness (QED) is 0.940. The number of carbonyl (C=O) groups is 1. The average Bonchev–Trinajstić information content (AvgIpc) is 3.12. The third-order valence-corrected chi connectivity index (χ3v) is 4.61. The van der Waals surface area contributed by atoms with Gasteiger partial charge in [-0.2, -0.15) is 5.10 Å². The molecule has 1 aliphatic rings. The Bertz CT molecular complexity index is 701. The lowest BCUT2D eigenvalue weighted by Gasteiger charge is -2.35. The zero-order valence-electron chi connectivity index (χ0n) is 14.2. The summed E-state index contributed by atoms with van der Waals surface area (Å²) >= 11 is 0. The Morgan fingerprint density at radius 3 is 2.83 bits per heavy atom. The van der Waals surface area contributed by atoms with E-state index in [1.807, 2.05) is 38.8 Å². The van der Waals surface area contributed by atoms with E-state index >= 15 is 0 Å². The predicted octanol–water partition coefficient (Wildman–Crippen LogP) is 3.51. The van der Waals surface area contributed by atoms with Crippen LogP contribution in [0, 0.1) is 13.8 Å². The van der Waals surface area contributed by atoms with Gasteiger partial charge in [-0.15, -0.1) is 0 Å². The summed E-state index contributed by atoms with van der Waals surface area (Å²) in [6, 6.07) is 0.0491. The molecule has 0 aliphatic carbocycles. The molecule has 6 heteroatoms. The summed E-state index contributed by atoms with van der Waals surface area (Å²) in [4.78, 5) is 15.2. The monoisotopic (exact) mass is 316 g/mol. The first-order valence-corrected chi connectivity index (χ1v) is 8.27. The molecular formula is C17H24N4O2. The number of hydrogen-bond donors (Lipinski definition) is 1. The van der Waals surface area contributed by atoms with Gasteiger partial charge in [0, 0.05) is 6.54 Å². The Morgan fingerprint density at radius 1 is 1.39 bits per heavy atom. The lowest BCUT2D eigenvalue weighted by atomic mass is 9.95. The summed E-state index contributed by atoms with van der Waals surface area (Å²) in [5.41, 5.74) is 3.52. The number of nitrogens with zero attached hydrogens (tertiary/aromatic N) is 3. The van der Waals surface area contributed by atoms with E-state index in [4.69, 9.17) is 4.52 Å². The van der Waals surface area contributed by atoms with E-state index in [1.54, 1.807) is 0 Å². The zero-order chi connectivity index (χ0) is 16.6. The Kier molecular flexibility index (Phi) is 4.24. The summed E-state index contributed by atoms with van der Waals surface area (Å²) in [6.45, 7) is 8.65. The van der Waals surface area contributed by atoms with E-state index < -0.39 is 0 Å². The normalized spacial score (nSPS) is 18.7. The van der Waals surface area contributed by atoms with Gasteiger partial charge >= 0.3 is 0 Å². The molecule has 1 aliphatic heterocycles. The summed E-state index contributed by atoms with van der Waals surface area (Å²) < 4.78 is 5.30. The standard InChI is InChI=1S/C17H24N4O2/c1-10(2)15-14(12(4)23-20-15)17(22)21-8-6-5-7-13(21)16-11(3)9-18-19-16/h9-10,13H,5-8H2,1-4H3,(H,18,19)/t13-/m0/s1. The predicted molar refractivity (Wildman–Crippen MR) is 86.3 cm³/mol. The molecule has 0 unspecified atom stereocenters.